The van der Waals surface area contributed by atoms with Crippen molar-refractivity contribution in [1.29, 1.82) is 0 Å². The van der Waals surface area contributed by atoms with Crippen molar-refractivity contribution in [3.05, 3.63) is 30.1 Å². The van der Waals surface area contributed by atoms with Crippen LogP contribution in [0, 0.1) is 0 Å². The van der Waals surface area contributed by atoms with Crippen molar-refractivity contribution < 1.29 is 4.74 Å². The molecule has 1 aromatic rings. The topological polar surface area (TPSA) is 84.6 Å². The molecule has 0 radical (unpaired) electrons. The van der Waals surface area contributed by atoms with Crippen molar-refractivity contribution in [2.45, 2.75) is 19.7 Å². The molecule has 98 valence electrons. The monoisotopic (exact) mass is 267 g/mol. The van der Waals surface area contributed by atoms with Crippen LogP contribution in [0.2, 0.25) is 0 Å². The Hall–Kier alpha value is -1.73. The number of rotatable bonds is 4. The Kier molecular flexibility index (Phi) is 6.03. The third-order valence-electron chi connectivity index (χ3n) is 2.06. The highest BCUT2D eigenvalue weighted by atomic mass is 32.1. The van der Waals surface area contributed by atoms with Crippen LogP contribution in [0.3, 0.4) is 0 Å². The average Bonchev–Trinajstić information content (AvgIpc) is 2.36. The highest BCUT2D eigenvalue weighted by Crippen LogP contribution is 1.95. The van der Waals surface area contributed by atoms with E-state index in [1.54, 1.807) is 13.3 Å². The molecule has 7 heteroatoms. The maximum Gasteiger partial charge on any atom is 0.199 e. The molecule has 0 aliphatic heterocycles. The number of methoxy groups -OCH3 is 1. The molecule has 1 aromatic heterocycles. The van der Waals surface area contributed by atoms with Gasteiger partial charge in [-0.15, -0.1) is 0 Å². The average molecular weight is 267 g/mol. The molecule has 0 aromatic carbocycles. The lowest BCUT2D eigenvalue weighted by Crippen LogP contribution is -2.47. The van der Waals surface area contributed by atoms with Gasteiger partial charge in [-0.3, -0.25) is 4.98 Å². The Morgan fingerprint density at radius 3 is 2.94 bits per heavy atom. The summed E-state index contributed by atoms with van der Waals surface area (Å²) in [4.78, 5) is 8.48. The van der Waals surface area contributed by atoms with Crippen LogP contribution in [0.15, 0.2) is 29.4 Å². The van der Waals surface area contributed by atoms with Crippen molar-refractivity contribution in [3.8, 4) is 0 Å². The first-order valence-corrected chi connectivity index (χ1v) is 5.82. The van der Waals surface area contributed by atoms with Crippen LogP contribution in [0.4, 0.5) is 0 Å². The molecule has 1 heterocycles. The van der Waals surface area contributed by atoms with E-state index in [0.29, 0.717) is 12.5 Å². The van der Waals surface area contributed by atoms with Crippen LogP contribution >= 0.6 is 12.2 Å². The van der Waals surface area contributed by atoms with Gasteiger partial charge in [0.2, 0.25) is 0 Å². The minimum absolute atomic E-state index is 0.144. The zero-order valence-corrected chi connectivity index (χ0v) is 11.2. The maximum absolute atomic E-state index is 5.42. The Bertz CT molecular complexity index is 409. The number of aromatic nitrogens is 1. The molecule has 0 fully saturated rings. The lowest BCUT2D eigenvalue weighted by atomic mass is 10.3. The quantitative estimate of drug-likeness (QED) is 0.316. The van der Waals surface area contributed by atoms with Gasteiger partial charge in [-0.25, -0.2) is 4.99 Å². The first-order chi connectivity index (χ1) is 8.61. The molecule has 1 rings (SSSR count). The predicted molar refractivity (Wildman–Crippen MR) is 74.9 cm³/mol. The van der Waals surface area contributed by atoms with Crippen LogP contribution in [0.25, 0.3) is 0 Å². The minimum atomic E-state index is -0.200. The normalized spacial score (nSPS) is 12.9. The molecule has 1 unspecified atom stereocenters. The number of hydrogen-bond acceptors (Lipinski definition) is 4. The summed E-state index contributed by atoms with van der Waals surface area (Å²) < 4.78 is 5.08. The number of thiocarbonyl (C=S) groups is 1. The SMILES string of the molecule is COC(C)NC(=NCc1ccccn1)NC(N)=S. The summed E-state index contributed by atoms with van der Waals surface area (Å²) in [6, 6.07) is 5.65. The molecule has 0 saturated heterocycles. The lowest BCUT2D eigenvalue weighted by molar-refractivity contribution is 0.106. The second-order valence-electron chi connectivity index (χ2n) is 3.50. The summed E-state index contributed by atoms with van der Waals surface area (Å²) in [5.74, 6) is 0.461. The van der Waals surface area contributed by atoms with E-state index < -0.39 is 0 Å². The van der Waals surface area contributed by atoms with Gasteiger partial charge in [-0.05, 0) is 31.3 Å². The molecule has 0 aliphatic carbocycles. The summed E-state index contributed by atoms with van der Waals surface area (Å²) >= 11 is 4.78. The maximum atomic E-state index is 5.42. The van der Waals surface area contributed by atoms with Crippen LogP contribution in [-0.4, -0.2) is 29.4 Å². The molecule has 18 heavy (non-hydrogen) atoms. The number of nitrogens with zero attached hydrogens (tertiary/aromatic N) is 2. The van der Waals surface area contributed by atoms with E-state index in [2.05, 4.69) is 20.6 Å². The first kappa shape index (κ1) is 14.3. The van der Waals surface area contributed by atoms with E-state index >= 15 is 0 Å². The Labute approximate surface area is 112 Å². The van der Waals surface area contributed by atoms with Crippen molar-refractivity contribution >= 4 is 23.3 Å². The first-order valence-electron chi connectivity index (χ1n) is 5.42. The van der Waals surface area contributed by atoms with Crippen LogP contribution in [0.5, 0.6) is 0 Å². The molecule has 0 bridgehead atoms. The van der Waals surface area contributed by atoms with Gasteiger partial charge in [0.1, 0.15) is 6.23 Å². The standard InChI is InChI=1S/C11H17N5OS/c1-8(17-2)15-11(16-10(12)18)14-7-9-5-3-4-6-13-9/h3-6,8H,7H2,1-2H3,(H4,12,14,15,16,18). The number of hydrogen-bond donors (Lipinski definition) is 3. The van der Waals surface area contributed by atoms with Gasteiger partial charge in [0.05, 0.1) is 12.2 Å². The third-order valence-corrected chi connectivity index (χ3v) is 2.16. The molecule has 6 nitrogen and oxygen atoms in total. The number of guanidine groups is 1. The van der Waals surface area contributed by atoms with E-state index in [1.165, 1.54) is 0 Å². The van der Waals surface area contributed by atoms with Crippen LogP contribution < -0.4 is 16.4 Å². The molecular formula is C11H17N5OS. The number of ether oxygens (including phenoxy) is 1. The minimum Gasteiger partial charge on any atom is -0.376 e. The summed E-state index contributed by atoms with van der Waals surface area (Å²) in [6.07, 6.45) is 1.52. The van der Waals surface area contributed by atoms with Gasteiger partial charge < -0.3 is 21.1 Å². The largest absolute Gasteiger partial charge is 0.376 e. The van der Waals surface area contributed by atoms with Gasteiger partial charge >= 0.3 is 0 Å². The molecular weight excluding hydrogens is 250 g/mol. The van der Waals surface area contributed by atoms with Gasteiger partial charge in [-0.2, -0.15) is 0 Å². The molecule has 1 atom stereocenters. The number of nitrogens with two attached hydrogens (primary N) is 1. The van der Waals surface area contributed by atoms with Gasteiger partial charge in [0, 0.05) is 13.3 Å². The molecule has 0 aliphatic rings. The van der Waals surface area contributed by atoms with Crippen molar-refractivity contribution in [2.75, 3.05) is 7.11 Å². The van der Waals surface area contributed by atoms with E-state index in [9.17, 15) is 0 Å². The van der Waals surface area contributed by atoms with Gasteiger partial charge in [-0.1, -0.05) is 6.07 Å². The third kappa shape index (κ3) is 5.55. The van der Waals surface area contributed by atoms with Crippen LogP contribution in [-0.2, 0) is 11.3 Å². The van der Waals surface area contributed by atoms with E-state index in [4.69, 9.17) is 22.7 Å². The summed E-state index contributed by atoms with van der Waals surface area (Å²) in [7, 11) is 1.59. The summed E-state index contributed by atoms with van der Waals surface area (Å²) in [5, 5.41) is 5.89. The van der Waals surface area contributed by atoms with Crippen molar-refractivity contribution in [1.82, 2.24) is 15.6 Å². The Morgan fingerprint density at radius 1 is 1.61 bits per heavy atom. The fraction of sp³-hybridized carbons (Fsp3) is 0.364. The van der Waals surface area contributed by atoms with Gasteiger partial charge in [0.25, 0.3) is 0 Å². The second-order valence-corrected chi connectivity index (χ2v) is 3.94. The lowest BCUT2D eigenvalue weighted by Gasteiger charge is -2.16. The molecule has 4 N–H and O–H groups in total. The van der Waals surface area contributed by atoms with Crippen molar-refractivity contribution in [3.63, 3.8) is 0 Å². The molecule has 0 spiro atoms. The predicted octanol–water partition coefficient (Wildman–Crippen LogP) is 0.353. The van der Waals surface area contributed by atoms with Gasteiger partial charge in [0.15, 0.2) is 11.1 Å². The van der Waals surface area contributed by atoms with Crippen LogP contribution in [0.1, 0.15) is 12.6 Å². The van der Waals surface area contributed by atoms with Crippen molar-refractivity contribution in [2.24, 2.45) is 10.7 Å². The number of nitrogens with one attached hydrogen (secondary N) is 2. The zero-order valence-electron chi connectivity index (χ0n) is 10.4. The number of aliphatic imine (C=N–C) groups is 1. The highest BCUT2D eigenvalue weighted by molar-refractivity contribution is 7.80. The Balaban J connectivity index is 2.66. The fourth-order valence-corrected chi connectivity index (χ4v) is 1.24. The highest BCUT2D eigenvalue weighted by Gasteiger charge is 2.04. The fourth-order valence-electron chi connectivity index (χ4n) is 1.14. The molecule has 0 saturated carbocycles. The zero-order chi connectivity index (χ0) is 13.4. The molecule has 0 amide bonds. The van der Waals surface area contributed by atoms with E-state index in [1.807, 2.05) is 25.1 Å². The summed E-state index contributed by atoms with van der Waals surface area (Å²) in [5.41, 5.74) is 6.28. The number of pyridine rings is 1. The smallest absolute Gasteiger partial charge is 0.199 e. The Morgan fingerprint density at radius 2 is 2.39 bits per heavy atom. The summed E-state index contributed by atoms with van der Waals surface area (Å²) in [6.45, 7) is 2.27. The second kappa shape index (κ2) is 7.57. The van der Waals surface area contributed by atoms with E-state index in [-0.39, 0.29) is 11.3 Å². The van der Waals surface area contributed by atoms with E-state index in [0.717, 1.165) is 5.69 Å².